The summed E-state index contributed by atoms with van der Waals surface area (Å²) in [5.41, 5.74) is 2.33. The SMILES string of the molecule is CCCOc1nc(NN)nc(NCC(=O)N(C)CC)n1. The summed E-state index contributed by atoms with van der Waals surface area (Å²) in [4.78, 5) is 25.3. The lowest BCUT2D eigenvalue weighted by atomic mass is 10.5. The van der Waals surface area contributed by atoms with Gasteiger partial charge in [0.05, 0.1) is 13.2 Å². The molecule has 4 N–H and O–H groups in total. The highest BCUT2D eigenvalue weighted by Gasteiger charge is 2.10. The van der Waals surface area contributed by atoms with E-state index in [-0.39, 0.29) is 30.4 Å². The van der Waals surface area contributed by atoms with Crippen LogP contribution in [0.25, 0.3) is 0 Å². The topological polar surface area (TPSA) is 118 Å². The van der Waals surface area contributed by atoms with Gasteiger partial charge in [-0.3, -0.25) is 10.2 Å². The third kappa shape index (κ3) is 4.84. The Morgan fingerprint density at radius 1 is 1.30 bits per heavy atom. The minimum Gasteiger partial charge on any atom is -0.463 e. The molecule has 0 fully saturated rings. The van der Waals surface area contributed by atoms with Crippen LogP contribution in [0, 0.1) is 0 Å². The predicted octanol–water partition coefficient (Wildman–Crippen LogP) is -0.164. The van der Waals surface area contributed by atoms with Crippen LogP contribution in [0.15, 0.2) is 0 Å². The van der Waals surface area contributed by atoms with Gasteiger partial charge in [0.25, 0.3) is 0 Å². The molecule has 0 bridgehead atoms. The normalized spacial score (nSPS) is 10.0. The third-order valence-corrected chi connectivity index (χ3v) is 2.48. The number of nitrogens with one attached hydrogen (secondary N) is 2. The Balaban J connectivity index is 2.70. The molecule has 0 saturated heterocycles. The first kappa shape index (κ1) is 15.9. The zero-order chi connectivity index (χ0) is 15.0. The fraction of sp³-hybridized carbons (Fsp3) is 0.636. The first-order valence-corrected chi connectivity index (χ1v) is 6.44. The van der Waals surface area contributed by atoms with Crippen molar-refractivity contribution in [2.45, 2.75) is 20.3 Å². The van der Waals surface area contributed by atoms with Gasteiger partial charge in [0, 0.05) is 13.6 Å². The lowest BCUT2D eigenvalue weighted by Gasteiger charge is -2.15. The molecular formula is C11H21N7O2. The minimum absolute atomic E-state index is 0.0637. The van der Waals surface area contributed by atoms with Crippen LogP contribution in [0.4, 0.5) is 11.9 Å². The van der Waals surface area contributed by atoms with E-state index >= 15 is 0 Å². The van der Waals surface area contributed by atoms with E-state index in [1.54, 1.807) is 11.9 Å². The molecule has 1 heterocycles. The quantitative estimate of drug-likeness (QED) is 0.445. The van der Waals surface area contributed by atoms with E-state index in [1.165, 1.54) is 0 Å². The van der Waals surface area contributed by atoms with Gasteiger partial charge in [-0.15, -0.1) is 0 Å². The van der Waals surface area contributed by atoms with E-state index in [2.05, 4.69) is 25.7 Å². The van der Waals surface area contributed by atoms with Crippen LogP contribution in [0.1, 0.15) is 20.3 Å². The van der Waals surface area contributed by atoms with Gasteiger partial charge in [-0.25, -0.2) is 5.84 Å². The number of hydrogen-bond acceptors (Lipinski definition) is 8. The molecule has 9 heteroatoms. The summed E-state index contributed by atoms with van der Waals surface area (Å²) in [6.07, 6.45) is 0.833. The molecule has 1 aromatic heterocycles. The lowest BCUT2D eigenvalue weighted by molar-refractivity contribution is -0.127. The highest BCUT2D eigenvalue weighted by atomic mass is 16.5. The molecule has 1 rings (SSSR count). The molecule has 0 aromatic carbocycles. The molecule has 0 aliphatic carbocycles. The molecule has 0 aliphatic rings. The number of aromatic nitrogens is 3. The summed E-state index contributed by atoms with van der Waals surface area (Å²) in [7, 11) is 1.72. The van der Waals surface area contributed by atoms with Crippen LogP contribution < -0.4 is 21.3 Å². The van der Waals surface area contributed by atoms with Crippen LogP contribution in [0.2, 0.25) is 0 Å². The van der Waals surface area contributed by atoms with Crippen molar-refractivity contribution in [1.82, 2.24) is 19.9 Å². The van der Waals surface area contributed by atoms with Gasteiger partial charge in [0.15, 0.2) is 0 Å². The smallest absolute Gasteiger partial charge is 0.323 e. The molecule has 1 amide bonds. The number of ether oxygens (including phenoxy) is 1. The molecule has 0 unspecified atom stereocenters. The third-order valence-electron chi connectivity index (χ3n) is 2.48. The van der Waals surface area contributed by atoms with Crippen molar-refractivity contribution in [3.8, 4) is 6.01 Å². The van der Waals surface area contributed by atoms with Crippen molar-refractivity contribution >= 4 is 17.8 Å². The maximum atomic E-state index is 11.7. The number of hydrogen-bond donors (Lipinski definition) is 3. The summed E-state index contributed by atoms with van der Waals surface area (Å²) < 4.78 is 5.32. The number of nitrogen functional groups attached to an aromatic ring is 1. The second kappa shape index (κ2) is 8.10. The molecular weight excluding hydrogens is 262 g/mol. The van der Waals surface area contributed by atoms with E-state index in [4.69, 9.17) is 10.6 Å². The van der Waals surface area contributed by atoms with Gasteiger partial charge in [0.2, 0.25) is 17.8 Å². The summed E-state index contributed by atoms with van der Waals surface area (Å²) in [6.45, 7) is 5.09. The number of nitrogens with zero attached hydrogens (tertiary/aromatic N) is 4. The monoisotopic (exact) mass is 283 g/mol. The van der Waals surface area contributed by atoms with Gasteiger partial charge in [0.1, 0.15) is 0 Å². The fourth-order valence-electron chi connectivity index (χ4n) is 1.22. The largest absolute Gasteiger partial charge is 0.463 e. The first-order valence-electron chi connectivity index (χ1n) is 6.44. The fourth-order valence-corrected chi connectivity index (χ4v) is 1.22. The number of rotatable bonds is 8. The molecule has 0 spiro atoms. The van der Waals surface area contributed by atoms with E-state index in [1.807, 2.05) is 13.8 Å². The van der Waals surface area contributed by atoms with Gasteiger partial charge in [-0.1, -0.05) is 6.92 Å². The molecule has 0 atom stereocenters. The number of carbonyl (C=O) groups excluding carboxylic acids is 1. The summed E-state index contributed by atoms with van der Waals surface area (Å²) >= 11 is 0. The second-order valence-electron chi connectivity index (χ2n) is 4.02. The Morgan fingerprint density at radius 2 is 2.00 bits per heavy atom. The lowest BCUT2D eigenvalue weighted by Crippen LogP contribution is -2.32. The predicted molar refractivity (Wildman–Crippen MR) is 75.2 cm³/mol. The molecule has 20 heavy (non-hydrogen) atoms. The van der Waals surface area contributed by atoms with Crippen LogP contribution in [-0.4, -0.2) is 52.5 Å². The Labute approximate surface area is 117 Å². The molecule has 0 radical (unpaired) electrons. The van der Waals surface area contributed by atoms with Crippen molar-refractivity contribution in [3.05, 3.63) is 0 Å². The van der Waals surface area contributed by atoms with Crippen LogP contribution >= 0.6 is 0 Å². The summed E-state index contributed by atoms with van der Waals surface area (Å²) in [5, 5.41) is 2.82. The maximum Gasteiger partial charge on any atom is 0.323 e. The van der Waals surface area contributed by atoms with Crippen molar-refractivity contribution < 1.29 is 9.53 Å². The van der Waals surface area contributed by atoms with Crippen LogP contribution in [0.3, 0.4) is 0 Å². The average molecular weight is 283 g/mol. The number of amides is 1. The van der Waals surface area contributed by atoms with E-state index in [0.717, 1.165) is 6.42 Å². The first-order chi connectivity index (χ1) is 9.60. The number of likely N-dealkylation sites (N-methyl/N-ethyl adjacent to an activating group) is 1. The Bertz CT molecular complexity index is 441. The van der Waals surface area contributed by atoms with E-state index in [0.29, 0.717) is 13.2 Å². The Kier molecular flexibility index (Phi) is 6.44. The summed E-state index contributed by atoms with van der Waals surface area (Å²) in [5.74, 6) is 5.62. The number of anilines is 2. The van der Waals surface area contributed by atoms with E-state index < -0.39 is 0 Å². The van der Waals surface area contributed by atoms with Gasteiger partial charge in [-0.2, -0.15) is 15.0 Å². The molecule has 1 aromatic rings. The van der Waals surface area contributed by atoms with Crippen LogP contribution in [0.5, 0.6) is 6.01 Å². The summed E-state index contributed by atoms with van der Waals surface area (Å²) in [6, 6.07) is 0.161. The van der Waals surface area contributed by atoms with Crippen molar-refractivity contribution in [2.24, 2.45) is 5.84 Å². The van der Waals surface area contributed by atoms with E-state index in [9.17, 15) is 4.79 Å². The highest BCUT2D eigenvalue weighted by molar-refractivity contribution is 5.80. The van der Waals surface area contributed by atoms with Gasteiger partial charge in [-0.05, 0) is 13.3 Å². The van der Waals surface area contributed by atoms with Crippen molar-refractivity contribution in [1.29, 1.82) is 0 Å². The number of nitrogens with two attached hydrogens (primary N) is 1. The Hall–Kier alpha value is -2.16. The number of carbonyl (C=O) groups is 1. The average Bonchev–Trinajstić information content (AvgIpc) is 2.49. The van der Waals surface area contributed by atoms with Crippen molar-refractivity contribution in [3.63, 3.8) is 0 Å². The van der Waals surface area contributed by atoms with Crippen molar-refractivity contribution in [2.75, 3.05) is 37.5 Å². The Morgan fingerprint density at radius 3 is 2.60 bits per heavy atom. The maximum absolute atomic E-state index is 11.7. The zero-order valence-electron chi connectivity index (χ0n) is 12.0. The molecule has 0 saturated carbocycles. The van der Waals surface area contributed by atoms with Crippen LogP contribution in [-0.2, 0) is 4.79 Å². The van der Waals surface area contributed by atoms with Gasteiger partial charge < -0.3 is 15.0 Å². The number of hydrazine groups is 1. The second-order valence-corrected chi connectivity index (χ2v) is 4.02. The van der Waals surface area contributed by atoms with Gasteiger partial charge >= 0.3 is 6.01 Å². The standard InChI is InChI=1S/C11H21N7O2/c1-4-6-20-11-15-9(14-10(16-11)17-12)13-7-8(19)18(3)5-2/h4-7,12H2,1-3H3,(H2,13,14,15,16,17). The highest BCUT2D eigenvalue weighted by Crippen LogP contribution is 2.10. The zero-order valence-corrected chi connectivity index (χ0v) is 12.0. The minimum atomic E-state index is -0.0637. The molecule has 112 valence electrons. The molecule has 0 aliphatic heterocycles. The molecule has 9 nitrogen and oxygen atoms in total.